The lowest BCUT2D eigenvalue weighted by atomic mass is 10.1. The first-order valence-electron chi connectivity index (χ1n) is 9.63. The fourth-order valence-corrected chi connectivity index (χ4v) is 4.87. The highest BCUT2D eigenvalue weighted by Gasteiger charge is 2.23. The van der Waals surface area contributed by atoms with Crippen molar-refractivity contribution in [2.45, 2.75) is 38.0 Å². The third-order valence-corrected chi connectivity index (χ3v) is 6.93. The number of benzene rings is 1. The van der Waals surface area contributed by atoms with Gasteiger partial charge in [-0.1, -0.05) is 20.3 Å². The molecule has 0 radical (unpaired) electrons. The zero-order valence-electron chi connectivity index (χ0n) is 16.9. The summed E-state index contributed by atoms with van der Waals surface area (Å²) in [5.41, 5.74) is 1.30. The Balaban J connectivity index is 2.26. The van der Waals surface area contributed by atoms with Crippen molar-refractivity contribution >= 4 is 27.3 Å². The summed E-state index contributed by atoms with van der Waals surface area (Å²) in [5.74, 6) is -0.114. The van der Waals surface area contributed by atoms with Crippen LogP contribution in [0.25, 0.3) is 0 Å². The predicted molar refractivity (Wildman–Crippen MR) is 110 cm³/mol. The molecule has 0 aliphatic carbocycles. The first-order valence-corrected chi connectivity index (χ1v) is 11.1. The van der Waals surface area contributed by atoms with Crippen molar-refractivity contribution in [3.05, 3.63) is 18.2 Å². The van der Waals surface area contributed by atoms with E-state index < -0.39 is 10.0 Å². The first kappa shape index (κ1) is 21.7. The molecule has 1 aliphatic rings. The Hall–Kier alpha value is -1.64. The maximum absolute atomic E-state index is 12.8. The zero-order valence-corrected chi connectivity index (χ0v) is 17.7. The molecule has 1 aliphatic heterocycles. The number of anilines is 2. The molecule has 1 aromatic rings. The van der Waals surface area contributed by atoms with Crippen molar-refractivity contribution in [1.82, 2.24) is 9.21 Å². The van der Waals surface area contributed by atoms with Crippen LogP contribution in [0.4, 0.5) is 11.4 Å². The molecule has 0 bridgehead atoms. The molecular formula is C19H32N4O3S. The minimum Gasteiger partial charge on any atom is -0.376 e. The molecule has 0 saturated carbocycles. The van der Waals surface area contributed by atoms with Gasteiger partial charge in [0, 0.05) is 27.2 Å². The number of nitrogens with one attached hydrogen (secondary N) is 1. The van der Waals surface area contributed by atoms with Crippen molar-refractivity contribution in [3.8, 4) is 0 Å². The average Bonchev–Trinajstić information content (AvgIpc) is 2.63. The summed E-state index contributed by atoms with van der Waals surface area (Å²) in [5, 5.41) is 2.92. The van der Waals surface area contributed by atoms with Gasteiger partial charge in [0.15, 0.2) is 0 Å². The second kappa shape index (κ2) is 9.52. The van der Waals surface area contributed by atoms with Crippen molar-refractivity contribution in [2.75, 3.05) is 57.0 Å². The summed E-state index contributed by atoms with van der Waals surface area (Å²) in [7, 11) is 0.162. The highest BCUT2D eigenvalue weighted by molar-refractivity contribution is 7.89. The molecule has 27 heavy (non-hydrogen) atoms. The van der Waals surface area contributed by atoms with E-state index in [4.69, 9.17) is 0 Å². The van der Waals surface area contributed by atoms with Crippen LogP contribution in [-0.4, -0.2) is 70.3 Å². The van der Waals surface area contributed by atoms with E-state index in [0.29, 0.717) is 25.3 Å². The molecule has 2 rings (SSSR count). The van der Waals surface area contributed by atoms with Gasteiger partial charge in [0.1, 0.15) is 0 Å². The van der Waals surface area contributed by atoms with E-state index in [9.17, 15) is 13.2 Å². The third kappa shape index (κ3) is 5.43. The Morgan fingerprint density at radius 2 is 1.74 bits per heavy atom. The second-order valence-corrected chi connectivity index (χ2v) is 8.99. The van der Waals surface area contributed by atoms with Crippen LogP contribution in [0, 0.1) is 0 Å². The molecule has 152 valence electrons. The second-order valence-electron chi connectivity index (χ2n) is 7.05. The van der Waals surface area contributed by atoms with Crippen LogP contribution >= 0.6 is 0 Å². The van der Waals surface area contributed by atoms with Crippen molar-refractivity contribution < 1.29 is 13.2 Å². The van der Waals surface area contributed by atoms with E-state index in [-0.39, 0.29) is 10.8 Å². The fourth-order valence-electron chi connectivity index (χ4n) is 3.39. The third-order valence-electron chi connectivity index (χ3n) is 4.88. The number of carbonyl (C=O) groups is 1. The molecule has 8 heteroatoms. The standard InChI is InChI=1S/C19H32N4O3S/c1-5-23(6-2)27(25,26)16-10-11-18(21(3)4)17(14-16)20-19(24)15-22-12-8-7-9-13-22/h10-11,14H,5-9,12-13,15H2,1-4H3,(H,20,24). The van der Waals surface area contributed by atoms with Gasteiger partial charge in [-0.25, -0.2) is 8.42 Å². The van der Waals surface area contributed by atoms with E-state index in [1.165, 1.54) is 10.7 Å². The maximum Gasteiger partial charge on any atom is 0.243 e. The van der Waals surface area contributed by atoms with Gasteiger partial charge in [0.25, 0.3) is 0 Å². The number of likely N-dealkylation sites (tertiary alicyclic amines) is 1. The highest BCUT2D eigenvalue weighted by atomic mass is 32.2. The fraction of sp³-hybridized carbons (Fsp3) is 0.632. The summed E-state index contributed by atoms with van der Waals surface area (Å²) in [4.78, 5) is 16.7. The van der Waals surface area contributed by atoms with Crippen LogP contribution in [0.1, 0.15) is 33.1 Å². The van der Waals surface area contributed by atoms with Gasteiger partial charge in [-0.05, 0) is 44.1 Å². The highest BCUT2D eigenvalue weighted by Crippen LogP contribution is 2.29. The molecule has 7 nitrogen and oxygen atoms in total. The number of sulfonamides is 1. The van der Waals surface area contributed by atoms with Crippen molar-refractivity contribution in [2.24, 2.45) is 0 Å². The maximum atomic E-state index is 12.8. The number of hydrogen-bond acceptors (Lipinski definition) is 5. The first-order chi connectivity index (χ1) is 12.8. The van der Waals surface area contributed by atoms with Crippen molar-refractivity contribution in [1.29, 1.82) is 0 Å². The van der Waals surface area contributed by atoms with Crippen molar-refractivity contribution in [3.63, 3.8) is 0 Å². The normalized spacial score (nSPS) is 15.7. The molecule has 1 saturated heterocycles. The molecule has 1 aromatic carbocycles. The predicted octanol–water partition coefficient (Wildman–Crippen LogP) is 2.21. The van der Waals surface area contributed by atoms with Crippen LogP contribution in [0.5, 0.6) is 0 Å². The van der Waals surface area contributed by atoms with E-state index in [1.807, 2.05) is 32.8 Å². The molecule has 0 aromatic heterocycles. The zero-order chi connectivity index (χ0) is 20.0. The van der Waals surface area contributed by atoms with Gasteiger partial charge in [-0.2, -0.15) is 4.31 Å². The monoisotopic (exact) mass is 396 g/mol. The summed E-state index contributed by atoms with van der Waals surface area (Å²) in [6.07, 6.45) is 3.45. The van der Waals surface area contributed by atoms with Crippen LogP contribution in [0.2, 0.25) is 0 Å². The van der Waals surface area contributed by atoms with E-state index in [0.717, 1.165) is 31.6 Å². The van der Waals surface area contributed by atoms with Crippen LogP contribution < -0.4 is 10.2 Å². The molecule has 1 amide bonds. The number of hydrogen-bond donors (Lipinski definition) is 1. The van der Waals surface area contributed by atoms with Crippen LogP contribution in [-0.2, 0) is 14.8 Å². The van der Waals surface area contributed by atoms with E-state index in [1.54, 1.807) is 18.2 Å². The van der Waals surface area contributed by atoms with Gasteiger partial charge in [-0.3, -0.25) is 9.69 Å². The largest absolute Gasteiger partial charge is 0.376 e. The Morgan fingerprint density at radius 1 is 1.11 bits per heavy atom. The minimum absolute atomic E-state index is 0.114. The number of nitrogens with zero attached hydrogens (tertiary/aromatic N) is 3. The van der Waals surface area contributed by atoms with E-state index in [2.05, 4.69) is 10.2 Å². The lowest BCUT2D eigenvalue weighted by Crippen LogP contribution is -2.37. The molecular weight excluding hydrogens is 364 g/mol. The Labute approximate surface area is 163 Å². The van der Waals surface area contributed by atoms with Gasteiger partial charge in [0.2, 0.25) is 15.9 Å². The Morgan fingerprint density at radius 3 is 2.30 bits per heavy atom. The summed E-state index contributed by atoms with van der Waals surface area (Å²) >= 11 is 0. The summed E-state index contributed by atoms with van der Waals surface area (Å²) < 4.78 is 27.1. The Kier molecular flexibility index (Phi) is 7.64. The smallest absolute Gasteiger partial charge is 0.243 e. The summed E-state index contributed by atoms with van der Waals surface area (Å²) in [6, 6.07) is 4.91. The van der Waals surface area contributed by atoms with Crippen LogP contribution in [0.3, 0.4) is 0 Å². The number of carbonyl (C=O) groups excluding carboxylic acids is 1. The molecule has 1 N–H and O–H groups in total. The minimum atomic E-state index is -3.58. The molecule has 1 fully saturated rings. The van der Waals surface area contributed by atoms with Gasteiger partial charge in [-0.15, -0.1) is 0 Å². The molecule has 0 atom stereocenters. The SMILES string of the molecule is CCN(CC)S(=O)(=O)c1ccc(N(C)C)c(NC(=O)CN2CCCCC2)c1. The van der Waals surface area contributed by atoms with Gasteiger partial charge in [0.05, 0.1) is 22.8 Å². The summed E-state index contributed by atoms with van der Waals surface area (Å²) in [6.45, 7) is 6.65. The molecule has 0 unspecified atom stereocenters. The van der Waals surface area contributed by atoms with Crippen LogP contribution in [0.15, 0.2) is 23.1 Å². The number of amides is 1. The molecule has 1 heterocycles. The van der Waals surface area contributed by atoms with E-state index >= 15 is 0 Å². The Bertz CT molecular complexity index is 739. The van der Waals surface area contributed by atoms with Gasteiger partial charge >= 0.3 is 0 Å². The van der Waals surface area contributed by atoms with Gasteiger partial charge < -0.3 is 10.2 Å². The quantitative estimate of drug-likeness (QED) is 0.729. The number of piperidine rings is 1. The lowest BCUT2D eigenvalue weighted by molar-refractivity contribution is -0.117. The lowest BCUT2D eigenvalue weighted by Gasteiger charge is -2.26. The topological polar surface area (TPSA) is 73.0 Å². The average molecular weight is 397 g/mol. The molecule has 0 spiro atoms. The number of rotatable bonds is 8.